The lowest BCUT2D eigenvalue weighted by atomic mass is 10.1. The quantitative estimate of drug-likeness (QED) is 0.329. The molecule has 190 valence electrons. The molecule has 0 aliphatic carbocycles. The van der Waals surface area contributed by atoms with Crippen molar-refractivity contribution in [2.45, 2.75) is 31.0 Å². The summed E-state index contributed by atoms with van der Waals surface area (Å²) in [5.74, 6) is -0.395. The molecule has 14 heteroatoms. The van der Waals surface area contributed by atoms with Crippen molar-refractivity contribution in [3.05, 3.63) is 48.3 Å². The number of imidazole rings is 1. The van der Waals surface area contributed by atoms with E-state index in [4.69, 9.17) is 0 Å². The molecule has 0 unspecified atom stereocenters. The number of rotatable bonds is 6. The first-order valence-electron chi connectivity index (χ1n) is 10.4. The van der Waals surface area contributed by atoms with E-state index in [-0.39, 0.29) is 39.1 Å². The molecule has 0 saturated carbocycles. The summed E-state index contributed by atoms with van der Waals surface area (Å²) in [4.78, 5) is 8.22. The van der Waals surface area contributed by atoms with Gasteiger partial charge in [-0.2, -0.15) is 22.0 Å². The van der Waals surface area contributed by atoms with E-state index in [1.807, 2.05) is 0 Å². The molecule has 0 aliphatic heterocycles. The third-order valence-electron chi connectivity index (χ3n) is 5.17. The summed E-state index contributed by atoms with van der Waals surface area (Å²) in [6.07, 6.45) is -6.76. The molecule has 36 heavy (non-hydrogen) atoms. The molecule has 0 aliphatic rings. The Labute approximate surface area is 201 Å². The zero-order chi connectivity index (χ0) is 26.5. The summed E-state index contributed by atoms with van der Waals surface area (Å²) in [5.41, 5.74) is -0.619. The van der Waals surface area contributed by atoms with Gasteiger partial charge in [0.1, 0.15) is 17.0 Å². The number of aromatic nitrogens is 5. The van der Waals surface area contributed by atoms with E-state index in [0.29, 0.717) is 18.1 Å². The Bertz CT molecular complexity index is 1550. The Hall–Kier alpha value is -3.68. The van der Waals surface area contributed by atoms with Gasteiger partial charge in [0.15, 0.2) is 27.0 Å². The van der Waals surface area contributed by atoms with Crippen molar-refractivity contribution in [2.75, 3.05) is 5.75 Å². The normalized spacial score (nSPS) is 12.8. The van der Waals surface area contributed by atoms with Gasteiger partial charge in [0.05, 0.1) is 10.6 Å². The predicted octanol–water partition coefficient (Wildman–Crippen LogP) is 4.90. The Morgan fingerprint density at radius 2 is 1.67 bits per heavy atom. The molecule has 0 radical (unpaired) electrons. The molecule has 0 atom stereocenters. The average molecular weight is 527 g/mol. The van der Waals surface area contributed by atoms with Crippen LogP contribution in [0.3, 0.4) is 0 Å². The fourth-order valence-corrected chi connectivity index (χ4v) is 4.48. The van der Waals surface area contributed by atoms with E-state index in [2.05, 4.69) is 24.9 Å². The Kier molecular flexibility index (Phi) is 6.19. The fraction of sp³-hybridized carbons (Fsp3) is 0.273. The van der Waals surface area contributed by atoms with E-state index in [1.165, 1.54) is 55.1 Å². The van der Waals surface area contributed by atoms with Crippen LogP contribution in [-0.2, 0) is 23.1 Å². The van der Waals surface area contributed by atoms with Gasteiger partial charge in [0, 0.05) is 31.8 Å². The van der Waals surface area contributed by atoms with Crippen LogP contribution in [0.4, 0.5) is 22.0 Å². The van der Waals surface area contributed by atoms with Crippen LogP contribution in [-0.4, -0.2) is 45.0 Å². The molecule has 3 heterocycles. The number of alkyl halides is 5. The number of nitrogens with zero attached hydrogens (tertiary/aromatic N) is 5. The number of fused-ring (bicyclic) bond motifs is 1. The number of benzene rings is 1. The summed E-state index contributed by atoms with van der Waals surface area (Å²) >= 11 is 0. The van der Waals surface area contributed by atoms with Gasteiger partial charge in [-0.25, -0.2) is 13.4 Å². The van der Waals surface area contributed by atoms with Gasteiger partial charge < -0.3 is 9.30 Å². The second-order valence-electron chi connectivity index (χ2n) is 7.84. The van der Waals surface area contributed by atoms with Crippen molar-refractivity contribution < 1.29 is 35.1 Å². The maximum atomic E-state index is 13.1. The van der Waals surface area contributed by atoms with E-state index in [1.54, 1.807) is 0 Å². The first kappa shape index (κ1) is 25.4. The van der Waals surface area contributed by atoms with Crippen LogP contribution < -0.4 is 4.74 Å². The summed E-state index contributed by atoms with van der Waals surface area (Å²) in [6, 6.07) is 7.59. The topological polar surface area (TPSA) is 99.9 Å². The maximum Gasteiger partial charge on any atom is 0.435 e. The molecule has 0 amide bonds. The van der Waals surface area contributed by atoms with Gasteiger partial charge in [0.2, 0.25) is 0 Å². The highest BCUT2D eigenvalue weighted by atomic mass is 32.2. The summed E-state index contributed by atoms with van der Waals surface area (Å²) in [7, 11) is -2.43. The van der Waals surface area contributed by atoms with Crippen molar-refractivity contribution in [1.29, 1.82) is 0 Å². The molecule has 0 N–H and O–H groups in total. The molecule has 1 aromatic carbocycles. The minimum absolute atomic E-state index is 0.00652. The largest absolute Gasteiger partial charge is 0.435 e. The number of pyridine rings is 1. The maximum absolute atomic E-state index is 13.1. The van der Waals surface area contributed by atoms with E-state index < -0.39 is 27.8 Å². The second kappa shape index (κ2) is 8.76. The van der Waals surface area contributed by atoms with Crippen LogP contribution in [0.15, 0.2) is 47.5 Å². The summed E-state index contributed by atoms with van der Waals surface area (Å²) < 4.78 is 97.0. The molecule has 4 rings (SSSR count). The number of sulfone groups is 1. The number of halogens is 5. The first-order valence-corrected chi connectivity index (χ1v) is 12.0. The molecule has 0 saturated heterocycles. The van der Waals surface area contributed by atoms with Crippen molar-refractivity contribution in [2.24, 2.45) is 7.05 Å². The number of aryl methyl sites for hydroxylation is 1. The van der Waals surface area contributed by atoms with Gasteiger partial charge in [0.25, 0.3) is 0 Å². The highest BCUT2D eigenvalue weighted by Gasteiger charge is 2.34. The van der Waals surface area contributed by atoms with Gasteiger partial charge in [-0.05, 0) is 23.8 Å². The Morgan fingerprint density at radius 3 is 2.25 bits per heavy atom. The van der Waals surface area contributed by atoms with E-state index in [9.17, 15) is 30.4 Å². The number of hydrogen-bond acceptors (Lipinski definition) is 7. The molecule has 0 fully saturated rings. The van der Waals surface area contributed by atoms with Crippen LogP contribution in [0.25, 0.3) is 33.8 Å². The molecule has 0 spiro atoms. The number of ether oxygens (including phenoxy) is 1. The molecule has 8 nitrogen and oxygen atoms in total. The average Bonchev–Trinajstić information content (AvgIpc) is 3.13. The van der Waals surface area contributed by atoms with Gasteiger partial charge in [-0.3, -0.25) is 4.98 Å². The molecule has 4 aromatic rings. The SMILES string of the molecule is CCS(=O)(=O)c1cc(-c2ccc(OC(C)(F)F)cc2)cnc1-c1nc2cc(C(F)(F)F)nnc2n1C. The highest BCUT2D eigenvalue weighted by molar-refractivity contribution is 7.91. The van der Waals surface area contributed by atoms with Crippen molar-refractivity contribution in [1.82, 2.24) is 24.7 Å². The van der Waals surface area contributed by atoms with Crippen LogP contribution in [0, 0.1) is 0 Å². The van der Waals surface area contributed by atoms with Crippen LogP contribution in [0.2, 0.25) is 0 Å². The second-order valence-corrected chi connectivity index (χ2v) is 10.1. The van der Waals surface area contributed by atoms with Gasteiger partial charge in [-0.1, -0.05) is 19.1 Å². The van der Waals surface area contributed by atoms with E-state index >= 15 is 0 Å². The highest BCUT2D eigenvalue weighted by Crippen LogP contribution is 2.34. The monoisotopic (exact) mass is 527 g/mol. The lowest BCUT2D eigenvalue weighted by Gasteiger charge is -2.14. The standard InChI is InChI=1S/C22H18F5N5O3S/c1-4-36(33,34)16-9-13(12-5-7-14(8-6-12)35-21(2,23)24)11-28-18(16)20-29-15-10-17(22(25,26)27)30-31-19(15)32(20)3/h5-11H,4H2,1-3H3. The molecule has 0 bridgehead atoms. The summed E-state index contributed by atoms with van der Waals surface area (Å²) in [6.45, 7) is 2.03. The third-order valence-corrected chi connectivity index (χ3v) is 6.91. The van der Waals surface area contributed by atoms with Gasteiger partial charge in [-0.15, -0.1) is 10.2 Å². The van der Waals surface area contributed by atoms with Crippen molar-refractivity contribution >= 4 is 21.0 Å². The molecule has 3 aromatic heterocycles. The van der Waals surface area contributed by atoms with Crippen molar-refractivity contribution in [3.8, 4) is 28.4 Å². The summed E-state index contributed by atoms with van der Waals surface area (Å²) in [5, 5.41) is 6.78. The van der Waals surface area contributed by atoms with E-state index in [0.717, 1.165) is 6.07 Å². The third kappa shape index (κ3) is 4.98. The first-order chi connectivity index (χ1) is 16.7. The zero-order valence-electron chi connectivity index (χ0n) is 19.0. The van der Waals surface area contributed by atoms with Crippen LogP contribution in [0.5, 0.6) is 5.75 Å². The predicted molar refractivity (Wildman–Crippen MR) is 119 cm³/mol. The minimum Gasteiger partial charge on any atom is -0.433 e. The Morgan fingerprint density at radius 1 is 1.00 bits per heavy atom. The van der Waals surface area contributed by atoms with Crippen LogP contribution in [0.1, 0.15) is 19.5 Å². The molecular formula is C22H18F5N5O3S. The smallest absolute Gasteiger partial charge is 0.433 e. The number of hydrogen-bond donors (Lipinski definition) is 0. The van der Waals surface area contributed by atoms with Gasteiger partial charge >= 0.3 is 12.3 Å². The Balaban J connectivity index is 1.84. The zero-order valence-corrected chi connectivity index (χ0v) is 19.8. The minimum atomic E-state index is -4.73. The lowest BCUT2D eigenvalue weighted by molar-refractivity contribution is -0.159. The fourth-order valence-electron chi connectivity index (χ4n) is 3.42. The molecular weight excluding hydrogens is 509 g/mol. The lowest BCUT2D eigenvalue weighted by Crippen LogP contribution is -2.18. The van der Waals surface area contributed by atoms with Crippen LogP contribution >= 0.6 is 0 Å². The van der Waals surface area contributed by atoms with Crippen molar-refractivity contribution in [3.63, 3.8) is 0 Å².